The van der Waals surface area contributed by atoms with Gasteiger partial charge in [0, 0.05) is 18.5 Å². The van der Waals surface area contributed by atoms with Crippen molar-refractivity contribution in [3.63, 3.8) is 0 Å². The maximum absolute atomic E-state index is 10.7. The molecular weight excluding hydrogens is 154 g/mol. The summed E-state index contributed by atoms with van der Waals surface area (Å²) >= 11 is 0. The average molecular weight is 167 g/mol. The van der Waals surface area contributed by atoms with E-state index >= 15 is 0 Å². The molecule has 3 nitrogen and oxygen atoms in total. The van der Waals surface area contributed by atoms with Gasteiger partial charge in [-0.15, -0.1) is 0 Å². The van der Waals surface area contributed by atoms with E-state index in [9.17, 15) is 4.79 Å². The topological polar surface area (TPSA) is 38.7 Å². The van der Waals surface area contributed by atoms with Crippen molar-refractivity contribution in [2.75, 3.05) is 6.61 Å². The van der Waals surface area contributed by atoms with E-state index in [0.29, 0.717) is 6.61 Å². The number of ether oxygens (including phenoxy) is 1. The predicted octanol–water partition coefficient (Wildman–Crippen LogP) is 1.71. The number of carbonyl (C=O) groups excluding carboxylic acids is 1. The molecule has 0 heterocycles. The van der Waals surface area contributed by atoms with Crippen molar-refractivity contribution in [1.82, 2.24) is 0 Å². The van der Waals surface area contributed by atoms with E-state index in [2.05, 4.69) is 16.3 Å². The largest absolute Gasteiger partial charge is 0.463 e. The minimum Gasteiger partial charge on any atom is -0.463 e. The summed E-state index contributed by atoms with van der Waals surface area (Å²) in [6.07, 6.45) is 4.21. The van der Waals surface area contributed by atoms with Crippen LogP contribution >= 0.6 is 0 Å². The van der Waals surface area contributed by atoms with Crippen LogP contribution in [0, 0.1) is 0 Å². The first-order chi connectivity index (χ1) is 5.66. The molecule has 0 aromatic carbocycles. The molecule has 0 N–H and O–H groups in total. The first-order valence-corrected chi connectivity index (χ1v) is 3.68. The van der Waals surface area contributed by atoms with E-state index in [1.54, 1.807) is 13.1 Å². The summed E-state index contributed by atoms with van der Waals surface area (Å²) in [6.45, 7) is 7.57. The fourth-order valence-electron chi connectivity index (χ4n) is 0.465. The number of nitrogens with zero attached hydrogens (tertiary/aromatic N) is 1. The van der Waals surface area contributed by atoms with Gasteiger partial charge in [-0.1, -0.05) is 6.58 Å². The van der Waals surface area contributed by atoms with Gasteiger partial charge in [-0.2, -0.15) is 0 Å². The van der Waals surface area contributed by atoms with Gasteiger partial charge < -0.3 is 4.74 Å². The Balaban J connectivity index is 3.75. The molecule has 0 aliphatic rings. The molecule has 0 radical (unpaired) electrons. The number of hydrogen-bond acceptors (Lipinski definition) is 3. The Bertz CT molecular complexity index is 217. The zero-order chi connectivity index (χ0) is 9.40. The second kappa shape index (κ2) is 6.34. The Morgan fingerprint density at radius 3 is 2.83 bits per heavy atom. The van der Waals surface area contributed by atoms with E-state index in [1.165, 1.54) is 12.3 Å². The maximum atomic E-state index is 10.7. The SMILES string of the molecule is C=C(C)C=N/C=C/C(=O)OCC. The lowest BCUT2D eigenvalue weighted by Gasteiger charge is -1.92. The van der Waals surface area contributed by atoms with Crippen LogP contribution in [0.3, 0.4) is 0 Å². The third-order valence-electron chi connectivity index (χ3n) is 0.878. The van der Waals surface area contributed by atoms with Crippen LogP contribution < -0.4 is 0 Å². The Hall–Kier alpha value is -1.38. The van der Waals surface area contributed by atoms with E-state index in [0.717, 1.165) is 5.57 Å². The van der Waals surface area contributed by atoms with Crippen molar-refractivity contribution in [2.45, 2.75) is 13.8 Å². The van der Waals surface area contributed by atoms with Crippen molar-refractivity contribution in [2.24, 2.45) is 4.99 Å². The molecular formula is C9H13NO2. The van der Waals surface area contributed by atoms with Gasteiger partial charge in [0.1, 0.15) is 0 Å². The summed E-state index contributed by atoms with van der Waals surface area (Å²) in [7, 11) is 0. The van der Waals surface area contributed by atoms with Crippen molar-refractivity contribution in [3.05, 3.63) is 24.4 Å². The summed E-state index contributed by atoms with van der Waals surface area (Å²) in [5.74, 6) is -0.378. The van der Waals surface area contributed by atoms with E-state index in [-0.39, 0.29) is 5.97 Å². The molecule has 3 heteroatoms. The zero-order valence-corrected chi connectivity index (χ0v) is 7.41. The highest BCUT2D eigenvalue weighted by molar-refractivity contribution is 5.83. The molecule has 0 unspecified atom stereocenters. The standard InChI is InChI=1S/C9H13NO2/c1-4-12-9(11)5-6-10-7-8(2)3/h5-7H,2,4H2,1,3H3/b6-5+,10-7?. The Kier molecular flexibility index (Phi) is 5.61. The quantitative estimate of drug-likeness (QED) is 0.363. The molecule has 0 atom stereocenters. The van der Waals surface area contributed by atoms with Crippen LogP contribution in [-0.4, -0.2) is 18.8 Å². The minimum atomic E-state index is -0.378. The smallest absolute Gasteiger partial charge is 0.332 e. The second-order valence-corrected chi connectivity index (χ2v) is 2.19. The minimum absolute atomic E-state index is 0.378. The summed E-state index contributed by atoms with van der Waals surface area (Å²) in [5, 5.41) is 0. The monoisotopic (exact) mass is 167 g/mol. The van der Waals surface area contributed by atoms with Gasteiger partial charge in [-0.3, -0.25) is 4.99 Å². The molecule has 0 aliphatic carbocycles. The number of hydrogen-bond donors (Lipinski definition) is 0. The van der Waals surface area contributed by atoms with Gasteiger partial charge in [0.05, 0.1) is 6.61 Å². The van der Waals surface area contributed by atoms with Crippen molar-refractivity contribution >= 4 is 12.2 Å². The van der Waals surface area contributed by atoms with Crippen LogP contribution in [0.2, 0.25) is 0 Å². The van der Waals surface area contributed by atoms with E-state index in [4.69, 9.17) is 0 Å². The summed E-state index contributed by atoms with van der Waals surface area (Å²) in [6, 6.07) is 0. The normalized spacial score (nSPS) is 10.8. The van der Waals surface area contributed by atoms with Crippen LogP contribution in [-0.2, 0) is 9.53 Å². The van der Waals surface area contributed by atoms with Crippen molar-refractivity contribution < 1.29 is 9.53 Å². The molecule has 0 saturated carbocycles. The number of esters is 1. The van der Waals surface area contributed by atoms with Crippen molar-refractivity contribution in [3.8, 4) is 0 Å². The number of allylic oxidation sites excluding steroid dienone is 1. The molecule has 0 amide bonds. The molecule has 0 fully saturated rings. The first kappa shape index (κ1) is 10.6. The van der Waals surface area contributed by atoms with E-state index < -0.39 is 0 Å². The van der Waals surface area contributed by atoms with Crippen LogP contribution in [0.1, 0.15) is 13.8 Å². The molecule has 0 spiro atoms. The summed E-state index contributed by atoms with van der Waals surface area (Å²) < 4.78 is 4.63. The number of rotatable bonds is 4. The lowest BCUT2D eigenvalue weighted by Crippen LogP contribution is -1.98. The Labute approximate surface area is 72.4 Å². The van der Waals surface area contributed by atoms with Crippen LogP contribution in [0.25, 0.3) is 0 Å². The summed E-state index contributed by atoms with van der Waals surface area (Å²) in [4.78, 5) is 14.5. The molecule has 0 aromatic heterocycles. The lowest BCUT2D eigenvalue weighted by molar-refractivity contribution is -0.137. The van der Waals surface area contributed by atoms with Crippen LogP contribution in [0.5, 0.6) is 0 Å². The Morgan fingerprint density at radius 2 is 2.33 bits per heavy atom. The maximum Gasteiger partial charge on any atom is 0.332 e. The predicted molar refractivity (Wildman–Crippen MR) is 49.1 cm³/mol. The highest BCUT2D eigenvalue weighted by atomic mass is 16.5. The molecule has 0 aliphatic heterocycles. The molecule has 0 bridgehead atoms. The van der Waals surface area contributed by atoms with Gasteiger partial charge in [0.15, 0.2) is 0 Å². The number of carbonyl (C=O) groups is 1. The number of aliphatic imine (C=N–C) groups is 1. The molecule has 12 heavy (non-hydrogen) atoms. The van der Waals surface area contributed by atoms with Gasteiger partial charge in [0.25, 0.3) is 0 Å². The van der Waals surface area contributed by atoms with Gasteiger partial charge in [-0.05, 0) is 19.4 Å². The van der Waals surface area contributed by atoms with E-state index in [1.807, 2.05) is 6.92 Å². The molecule has 0 aromatic rings. The van der Waals surface area contributed by atoms with Gasteiger partial charge in [-0.25, -0.2) is 4.79 Å². The highest BCUT2D eigenvalue weighted by Crippen LogP contribution is 1.84. The van der Waals surface area contributed by atoms with Crippen LogP contribution in [0.15, 0.2) is 29.4 Å². The van der Waals surface area contributed by atoms with Crippen LogP contribution in [0.4, 0.5) is 0 Å². The zero-order valence-electron chi connectivity index (χ0n) is 7.41. The van der Waals surface area contributed by atoms with Crippen molar-refractivity contribution in [1.29, 1.82) is 0 Å². The Morgan fingerprint density at radius 1 is 1.67 bits per heavy atom. The third-order valence-corrected chi connectivity index (χ3v) is 0.878. The molecule has 66 valence electrons. The fourth-order valence-corrected chi connectivity index (χ4v) is 0.465. The van der Waals surface area contributed by atoms with Gasteiger partial charge >= 0.3 is 5.97 Å². The summed E-state index contributed by atoms with van der Waals surface area (Å²) in [5.41, 5.74) is 0.837. The molecule has 0 saturated heterocycles. The first-order valence-electron chi connectivity index (χ1n) is 3.68. The highest BCUT2D eigenvalue weighted by Gasteiger charge is 1.90. The van der Waals surface area contributed by atoms with Gasteiger partial charge in [0.2, 0.25) is 0 Å². The fraction of sp³-hybridized carbons (Fsp3) is 0.333. The third kappa shape index (κ3) is 6.74. The average Bonchev–Trinajstić information content (AvgIpc) is 1.98. The lowest BCUT2D eigenvalue weighted by atomic mass is 10.4. The molecule has 0 rings (SSSR count). The second-order valence-electron chi connectivity index (χ2n) is 2.19.